The first kappa shape index (κ1) is 14.7. The summed E-state index contributed by atoms with van der Waals surface area (Å²) in [6.07, 6.45) is 6.39. The van der Waals surface area contributed by atoms with Gasteiger partial charge in [-0.25, -0.2) is 9.98 Å². The molecule has 4 nitrogen and oxygen atoms in total. The van der Waals surface area contributed by atoms with Crippen LogP contribution < -0.4 is 0 Å². The van der Waals surface area contributed by atoms with Crippen LogP contribution in [0.4, 0.5) is 5.69 Å². The van der Waals surface area contributed by atoms with E-state index >= 15 is 0 Å². The fourth-order valence-electron chi connectivity index (χ4n) is 3.11. The summed E-state index contributed by atoms with van der Waals surface area (Å²) in [6.45, 7) is 1.19. The van der Waals surface area contributed by atoms with Crippen LogP contribution in [0.15, 0.2) is 69.8 Å². The first-order valence-electron chi connectivity index (χ1n) is 8.37. The van der Waals surface area contributed by atoms with Crippen molar-refractivity contribution in [2.24, 2.45) is 9.98 Å². The second kappa shape index (κ2) is 6.01. The standard InChI is InChI=1S/C20H16N2O2S/c1-3-7-15-13(5-1)11-23-19(21-15)17-9-10-18(25-17)20-22-16-8-4-2-6-14(16)12-24-20/h1,3-5,7-10H,2,6,11-12H2. The van der Waals surface area contributed by atoms with E-state index in [1.807, 2.05) is 36.4 Å². The average Bonchev–Trinajstić information content (AvgIpc) is 3.17. The van der Waals surface area contributed by atoms with Crippen molar-refractivity contribution in [1.82, 2.24) is 0 Å². The Morgan fingerprint density at radius 2 is 1.68 bits per heavy atom. The number of benzene rings is 1. The van der Waals surface area contributed by atoms with Crippen molar-refractivity contribution in [2.45, 2.75) is 19.4 Å². The van der Waals surface area contributed by atoms with Crippen LogP contribution in [-0.2, 0) is 16.1 Å². The van der Waals surface area contributed by atoms with Gasteiger partial charge in [0.1, 0.15) is 13.2 Å². The second-order valence-electron chi connectivity index (χ2n) is 6.13. The number of nitrogens with zero attached hydrogens (tertiary/aromatic N) is 2. The summed E-state index contributed by atoms with van der Waals surface area (Å²) >= 11 is 1.60. The van der Waals surface area contributed by atoms with E-state index in [9.17, 15) is 0 Å². The molecule has 2 aliphatic heterocycles. The molecule has 3 heterocycles. The maximum Gasteiger partial charge on any atom is 0.232 e. The van der Waals surface area contributed by atoms with E-state index in [-0.39, 0.29) is 0 Å². The van der Waals surface area contributed by atoms with Crippen LogP contribution in [0.5, 0.6) is 0 Å². The molecule has 3 aliphatic rings. The average molecular weight is 348 g/mol. The van der Waals surface area contributed by atoms with Gasteiger partial charge in [-0.3, -0.25) is 0 Å². The summed E-state index contributed by atoms with van der Waals surface area (Å²) in [5.41, 5.74) is 4.45. The normalized spacial score (nSPS) is 18.6. The Bertz CT molecular complexity index is 966. The molecule has 2 aromatic rings. The summed E-state index contributed by atoms with van der Waals surface area (Å²) in [5, 5.41) is 0. The predicted molar refractivity (Wildman–Crippen MR) is 99.6 cm³/mol. The third-order valence-electron chi connectivity index (χ3n) is 4.46. The highest BCUT2D eigenvalue weighted by molar-refractivity contribution is 7.16. The van der Waals surface area contributed by atoms with Gasteiger partial charge in [0.2, 0.25) is 11.8 Å². The highest BCUT2D eigenvalue weighted by Gasteiger charge is 2.21. The van der Waals surface area contributed by atoms with Crippen LogP contribution in [0, 0.1) is 0 Å². The number of hydrogen-bond acceptors (Lipinski definition) is 5. The van der Waals surface area contributed by atoms with E-state index in [0.29, 0.717) is 25.0 Å². The van der Waals surface area contributed by atoms with Crippen molar-refractivity contribution in [3.63, 3.8) is 0 Å². The molecule has 0 saturated heterocycles. The Kier molecular flexibility index (Phi) is 3.52. The molecule has 0 atom stereocenters. The highest BCUT2D eigenvalue weighted by Crippen LogP contribution is 2.30. The molecule has 124 valence electrons. The van der Waals surface area contributed by atoms with Gasteiger partial charge in [-0.05, 0) is 42.7 Å². The van der Waals surface area contributed by atoms with Gasteiger partial charge >= 0.3 is 0 Å². The zero-order valence-corrected chi connectivity index (χ0v) is 14.4. The summed E-state index contributed by atoms with van der Waals surface area (Å²) < 4.78 is 11.7. The smallest absolute Gasteiger partial charge is 0.232 e. The lowest BCUT2D eigenvalue weighted by Gasteiger charge is -2.20. The SMILES string of the molecule is C1=CC2=C(CC1)COC(c1ccc(C3=Nc4ccccc4CO3)s1)=N2. The largest absolute Gasteiger partial charge is 0.472 e. The number of rotatable bonds is 2. The lowest BCUT2D eigenvalue weighted by molar-refractivity contribution is 0.289. The minimum atomic E-state index is 0.556. The number of allylic oxidation sites excluding steroid dienone is 2. The summed E-state index contributed by atoms with van der Waals surface area (Å²) in [4.78, 5) is 11.3. The number of fused-ring (bicyclic) bond motifs is 1. The second-order valence-corrected chi connectivity index (χ2v) is 7.22. The molecule has 0 bridgehead atoms. The molecule has 0 N–H and O–H groups in total. The van der Waals surface area contributed by atoms with Gasteiger partial charge in [-0.15, -0.1) is 11.3 Å². The maximum atomic E-state index is 5.88. The molecule has 0 fully saturated rings. The highest BCUT2D eigenvalue weighted by atomic mass is 32.1. The number of aliphatic imine (C=N–C) groups is 2. The van der Waals surface area contributed by atoms with E-state index in [4.69, 9.17) is 9.47 Å². The van der Waals surface area contributed by atoms with Crippen LogP contribution >= 0.6 is 11.3 Å². The monoisotopic (exact) mass is 348 g/mol. The van der Waals surface area contributed by atoms with Gasteiger partial charge in [0.25, 0.3) is 0 Å². The Hall–Kier alpha value is -2.66. The fraction of sp³-hybridized carbons (Fsp3) is 0.200. The van der Waals surface area contributed by atoms with Crippen molar-refractivity contribution < 1.29 is 9.47 Å². The van der Waals surface area contributed by atoms with Gasteiger partial charge in [0, 0.05) is 5.56 Å². The minimum absolute atomic E-state index is 0.556. The third-order valence-corrected chi connectivity index (χ3v) is 5.52. The molecule has 0 amide bonds. The van der Waals surface area contributed by atoms with Crippen LogP contribution in [0.1, 0.15) is 28.2 Å². The Balaban J connectivity index is 1.45. The van der Waals surface area contributed by atoms with E-state index < -0.39 is 0 Å². The van der Waals surface area contributed by atoms with Crippen LogP contribution in [0.2, 0.25) is 0 Å². The van der Waals surface area contributed by atoms with Gasteiger partial charge in [-0.1, -0.05) is 24.3 Å². The van der Waals surface area contributed by atoms with Crippen LogP contribution in [-0.4, -0.2) is 18.4 Å². The molecule has 1 aliphatic carbocycles. The van der Waals surface area contributed by atoms with Crippen molar-refractivity contribution in [3.8, 4) is 0 Å². The molecule has 0 radical (unpaired) electrons. The quantitative estimate of drug-likeness (QED) is 0.787. The lowest BCUT2D eigenvalue weighted by atomic mass is 10.0. The Morgan fingerprint density at radius 3 is 2.60 bits per heavy atom. The minimum Gasteiger partial charge on any atom is -0.472 e. The van der Waals surface area contributed by atoms with E-state index in [1.54, 1.807) is 11.3 Å². The van der Waals surface area contributed by atoms with E-state index in [2.05, 4.69) is 22.1 Å². The van der Waals surface area contributed by atoms with E-state index in [1.165, 1.54) is 5.57 Å². The van der Waals surface area contributed by atoms with Crippen molar-refractivity contribution in [2.75, 3.05) is 6.61 Å². The number of para-hydroxylation sites is 1. The first-order valence-corrected chi connectivity index (χ1v) is 9.18. The lowest BCUT2D eigenvalue weighted by Crippen LogP contribution is -2.15. The van der Waals surface area contributed by atoms with Crippen molar-refractivity contribution in [1.29, 1.82) is 0 Å². The topological polar surface area (TPSA) is 43.2 Å². The Labute approximate surface area is 149 Å². The summed E-state index contributed by atoms with van der Waals surface area (Å²) in [7, 11) is 0. The fourth-order valence-corrected chi connectivity index (χ4v) is 4.00. The molecule has 5 rings (SSSR count). The van der Waals surface area contributed by atoms with Crippen molar-refractivity contribution >= 4 is 28.8 Å². The van der Waals surface area contributed by atoms with Gasteiger partial charge in [0.15, 0.2) is 0 Å². The number of hydrogen-bond donors (Lipinski definition) is 0. The first-order chi connectivity index (χ1) is 12.4. The Morgan fingerprint density at radius 1 is 0.880 bits per heavy atom. The number of ether oxygens (including phenoxy) is 2. The molecular weight excluding hydrogens is 332 g/mol. The van der Waals surface area contributed by atoms with Crippen LogP contribution in [0.25, 0.3) is 0 Å². The molecule has 0 spiro atoms. The molecule has 25 heavy (non-hydrogen) atoms. The van der Waals surface area contributed by atoms with E-state index in [0.717, 1.165) is 39.5 Å². The zero-order valence-electron chi connectivity index (χ0n) is 13.6. The van der Waals surface area contributed by atoms with Gasteiger partial charge < -0.3 is 9.47 Å². The molecular formula is C20H16N2O2S. The van der Waals surface area contributed by atoms with Crippen LogP contribution in [0.3, 0.4) is 0 Å². The van der Waals surface area contributed by atoms with Gasteiger partial charge in [-0.2, -0.15) is 0 Å². The molecule has 1 aromatic carbocycles. The molecule has 5 heteroatoms. The maximum absolute atomic E-state index is 5.88. The van der Waals surface area contributed by atoms with Gasteiger partial charge in [0.05, 0.1) is 21.1 Å². The molecule has 0 unspecified atom stereocenters. The predicted octanol–water partition coefficient (Wildman–Crippen LogP) is 4.74. The third kappa shape index (κ3) is 2.70. The number of thiophene rings is 1. The molecule has 1 aromatic heterocycles. The zero-order chi connectivity index (χ0) is 16.6. The summed E-state index contributed by atoms with van der Waals surface area (Å²) in [6, 6.07) is 12.1. The molecule has 0 saturated carbocycles. The summed E-state index contributed by atoms with van der Waals surface area (Å²) in [5.74, 6) is 1.36. The van der Waals surface area contributed by atoms with Crippen molar-refractivity contribution in [3.05, 3.63) is 75.1 Å².